The lowest BCUT2D eigenvalue weighted by Gasteiger charge is -2.12. The van der Waals surface area contributed by atoms with Gasteiger partial charge in [0.1, 0.15) is 5.82 Å². The largest absolute Gasteiger partial charge is 0.314 e. The maximum Gasteiger partial charge on any atom is 0.134 e. The Morgan fingerprint density at radius 3 is 2.29 bits per heavy atom. The molecule has 2 rings (SSSR count). The lowest BCUT2D eigenvalue weighted by atomic mass is 10.1. The van der Waals surface area contributed by atoms with Crippen LogP contribution in [0.1, 0.15) is 47.3 Å². The first-order valence-corrected chi connectivity index (χ1v) is 8.31. The van der Waals surface area contributed by atoms with E-state index in [0.29, 0.717) is 6.04 Å². The maximum absolute atomic E-state index is 4.66. The Morgan fingerprint density at radius 1 is 1.10 bits per heavy atom. The van der Waals surface area contributed by atoms with Crippen LogP contribution in [0.2, 0.25) is 0 Å². The first kappa shape index (κ1) is 16.0. The summed E-state index contributed by atoms with van der Waals surface area (Å²) in [5.41, 5.74) is 4.51. The van der Waals surface area contributed by atoms with Gasteiger partial charge in [-0.1, -0.05) is 13.8 Å². The Balaban J connectivity index is 2.09. The molecule has 21 heavy (non-hydrogen) atoms. The van der Waals surface area contributed by atoms with Crippen molar-refractivity contribution in [2.24, 2.45) is 0 Å². The number of hydrogen-bond acceptors (Lipinski definition) is 5. The Labute approximate surface area is 131 Å². The van der Waals surface area contributed by atoms with Crippen LogP contribution >= 0.6 is 11.3 Å². The number of thiazole rings is 1. The van der Waals surface area contributed by atoms with Gasteiger partial charge in [0.05, 0.1) is 17.1 Å². The van der Waals surface area contributed by atoms with Crippen molar-refractivity contribution >= 4 is 11.3 Å². The van der Waals surface area contributed by atoms with E-state index in [-0.39, 0.29) is 0 Å². The van der Waals surface area contributed by atoms with Crippen LogP contribution in [0, 0.1) is 20.8 Å². The Morgan fingerprint density at radius 2 is 1.76 bits per heavy atom. The molecular weight excluding hydrogens is 280 g/mol. The molecule has 0 aliphatic heterocycles. The Bertz CT molecular complexity index is 581. The molecule has 114 valence electrons. The molecule has 4 nitrogen and oxygen atoms in total. The number of hydrogen-bond donors (Lipinski definition) is 1. The minimum Gasteiger partial charge on any atom is -0.314 e. The molecular formula is C16H24N4S. The molecule has 0 aliphatic carbocycles. The van der Waals surface area contributed by atoms with E-state index in [1.165, 1.54) is 5.56 Å². The van der Waals surface area contributed by atoms with Crippen LogP contribution in [0.4, 0.5) is 0 Å². The fraction of sp³-hybridized carbons (Fsp3) is 0.562. The minimum absolute atomic E-state index is 0.513. The van der Waals surface area contributed by atoms with Gasteiger partial charge in [-0.3, -0.25) is 0 Å². The number of nitrogens with zero attached hydrogens (tertiary/aromatic N) is 3. The van der Waals surface area contributed by atoms with Crippen LogP contribution in [0.5, 0.6) is 0 Å². The lowest BCUT2D eigenvalue weighted by Crippen LogP contribution is -2.25. The van der Waals surface area contributed by atoms with Crippen LogP contribution in [-0.2, 0) is 12.8 Å². The van der Waals surface area contributed by atoms with Crippen LogP contribution in [-0.4, -0.2) is 27.5 Å². The third kappa shape index (κ3) is 4.58. The number of aromatic nitrogens is 3. The molecule has 0 amide bonds. The van der Waals surface area contributed by atoms with Crippen molar-refractivity contribution in [1.29, 1.82) is 0 Å². The second kappa shape index (κ2) is 7.09. The molecule has 0 saturated carbocycles. The standard InChI is InChI=1S/C16H24N4S/c1-10(2)17-7-6-15-11(3)18-16(19-12(15)4)8-14-9-21-13(5)20-14/h9-10,17H,6-8H2,1-5H3. The molecule has 0 aliphatic rings. The van der Waals surface area contributed by atoms with Gasteiger partial charge in [-0.25, -0.2) is 15.0 Å². The second-order valence-electron chi connectivity index (χ2n) is 5.68. The first-order chi connectivity index (χ1) is 9.95. The van der Waals surface area contributed by atoms with E-state index in [9.17, 15) is 0 Å². The summed E-state index contributed by atoms with van der Waals surface area (Å²) in [6.07, 6.45) is 1.70. The van der Waals surface area contributed by atoms with Gasteiger partial charge in [-0.05, 0) is 39.3 Å². The van der Waals surface area contributed by atoms with E-state index in [0.717, 1.165) is 47.3 Å². The highest BCUT2D eigenvalue weighted by atomic mass is 32.1. The van der Waals surface area contributed by atoms with E-state index in [1.807, 2.05) is 6.92 Å². The summed E-state index contributed by atoms with van der Waals surface area (Å²) >= 11 is 1.67. The molecule has 0 bridgehead atoms. The van der Waals surface area contributed by atoms with Crippen LogP contribution in [0.15, 0.2) is 5.38 Å². The second-order valence-corrected chi connectivity index (χ2v) is 6.74. The van der Waals surface area contributed by atoms with E-state index >= 15 is 0 Å². The highest BCUT2D eigenvalue weighted by Gasteiger charge is 2.10. The fourth-order valence-electron chi connectivity index (χ4n) is 2.39. The van der Waals surface area contributed by atoms with Gasteiger partial charge in [-0.15, -0.1) is 11.3 Å². The number of rotatable bonds is 6. The van der Waals surface area contributed by atoms with Gasteiger partial charge in [-0.2, -0.15) is 0 Å². The van der Waals surface area contributed by atoms with Gasteiger partial charge in [0, 0.05) is 22.8 Å². The predicted octanol–water partition coefficient (Wildman–Crippen LogP) is 2.99. The smallest absolute Gasteiger partial charge is 0.134 e. The monoisotopic (exact) mass is 304 g/mol. The summed E-state index contributed by atoms with van der Waals surface area (Å²) < 4.78 is 0. The van der Waals surface area contributed by atoms with E-state index in [1.54, 1.807) is 11.3 Å². The molecule has 1 N–H and O–H groups in total. The normalized spacial score (nSPS) is 11.3. The Kier molecular flexibility index (Phi) is 5.42. The summed E-state index contributed by atoms with van der Waals surface area (Å²) in [7, 11) is 0. The molecule has 2 aromatic heterocycles. The Hall–Kier alpha value is -1.33. The van der Waals surface area contributed by atoms with Crippen molar-refractivity contribution in [3.05, 3.63) is 38.9 Å². The van der Waals surface area contributed by atoms with Crippen molar-refractivity contribution in [3.8, 4) is 0 Å². The number of aryl methyl sites for hydroxylation is 3. The maximum atomic E-state index is 4.66. The average Bonchev–Trinajstić information content (AvgIpc) is 2.78. The zero-order valence-corrected chi connectivity index (χ0v) is 14.3. The van der Waals surface area contributed by atoms with E-state index < -0.39 is 0 Å². The predicted molar refractivity (Wildman–Crippen MR) is 88.0 cm³/mol. The molecule has 0 atom stereocenters. The molecule has 2 aromatic rings. The zero-order chi connectivity index (χ0) is 15.4. The number of nitrogens with one attached hydrogen (secondary N) is 1. The van der Waals surface area contributed by atoms with Gasteiger partial charge >= 0.3 is 0 Å². The average molecular weight is 304 g/mol. The topological polar surface area (TPSA) is 50.7 Å². The van der Waals surface area contributed by atoms with Crippen molar-refractivity contribution in [2.75, 3.05) is 6.54 Å². The first-order valence-electron chi connectivity index (χ1n) is 7.43. The van der Waals surface area contributed by atoms with Gasteiger partial charge in [0.15, 0.2) is 0 Å². The molecule has 0 spiro atoms. The highest BCUT2D eigenvalue weighted by molar-refractivity contribution is 7.09. The van der Waals surface area contributed by atoms with Crippen LogP contribution in [0.3, 0.4) is 0 Å². The molecule has 0 saturated heterocycles. The third-order valence-corrected chi connectivity index (χ3v) is 4.22. The van der Waals surface area contributed by atoms with Crippen molar-refractivity contribution in [3.63, 3.8) is 0 Å². The fourth-order valence-corrected chi connectivity index (χ4v) is 3.00. The zero-order valence-electron chi connectivity index (χ0n) is 13.5. The summed E-state index contributed by atoms with van der Waals surface area (Å²) in [5.74, 6) is 0.871. The summed E-state index contributed by atoms with van der Waals surface area (Å²) in [5, 5.41) is 6.62. The summed E-state index contributed by atoms with van der Waals surface area (Å²) in [6.45, 7) is 11.5. The van der Waals surface area contributed by atoms with Gasteiger partial charge < -0.3 is 5.32 Å². The van der Waals surface area contributed by atoms with Crippen LogP contribution < -0.4 is 5.32 Å². The quantitative estimate of drug-likeness (QED) is 0.891. The molecule has 5 heteroatoms. The molecule has 0 unspecified atom stereocenters. The van der Waals surface area contributed by atoms with Crippen molar-refractivity contribution in [2.45, 2.75) is 53.5 Å². The summed E-state index contributed by atoms with van der Waals surface area (Å²) in [4.78, 5) is 13.8. The highest BCUT2D eigenvalue weighted by Crippen LogP contribution is 2.15. The SMILES string of the molecule is Cc1nc(Cc2nc(C)c(CCNC(C)C)c(C)n2)cs1. The van der Waals surface area contributed by atoms with Gasteiger partial charge in [0.25, 0.3) is 0 Å². The molecule has 0 radical (unpaired) electrons. The summed E-state index contributed by atoms with van der Waals surface area (Å²) in [6, 6.07) is 0.513. The minimum atomic E-state index is 0.513. The molecule has 2 heterocycles. The van der Waals surface area contributed by atoms with Gasteiger partial charge in [0.2, 0.25) is 0 Å². The van der Waals surface area contributed by atoms with E-state index in [4.69, 9.17) is 0 Å². The lowest BCUT2D eigenvalue weighted by molar-refractivity contribution is 0.587. The third-order valence-electron chi connectivity index (χ3n) is 3.40. The van der Waals surface area contributed by atoms with Crippen molar-refractivity contribution < 1.29 is 0 Å². The molecule has 0 fully saturated rings. The van der Waals surface area contributed by atoms with E-state index in [2.05, 4.69) is 53.3 Å². The van der Waals surface area contributed by atoms with Crippen molar-refractivity contribution in [1.82, 2.24) is 20.3 Å². The molecule has 0 aromatic carbocycles. The van der Waals surface area contributed by atoms with Crippen LogP contribution in [0.25, 0.3) is 0 Å².